The number of piperidine rings is 1. The third-order valence-corrected chi connectivity index (χ3v) is 7.49. The summed E-state index contributed by atoms with van der Waals surface area (Å²) < 4.78 is 26.3. The summed E-state index contributed by atoms with van der Waals surface area (Å²) in [5.74, 6) is 1.30. The number of hydrogen-bond donors (Lipinski definition) is 1. The fourth-order valence-electron chi connectivity index (χ4n) is 3.97. The summed E-state index contributed by atoms with van der Waals surface area (Å²) in [4.78, 5) is 0. The SMILES string of the molecule is CC(C)CS(=O)(=O)N1CCC(NC(C)C2CCCCC2)CC1. The maximum atomic E-state index is 12.3. The van der Waals surface area contributed by atoms with E-state index < -0.39 is 10.0 Å². The Labute approximate surface area is 137 Å². The van der Waals surface area contributed by atoms with Crippen molar-refractivity contribution in [2.75, 3.05) is 18.8 Å². The lowest BCUT2D eigenvalue weighted by Gasteiger charge is -2.36. The van der Waals surface area contributed by atoms with E-state index in [1.807, 2.05) is 13.8 Å². The average Bonchev–Trinajstić information content (AvgIpc) is 2.47. The van der Waals surface area contributed by atoms with Crippen molar-refractivity contribution in [3.8, 4) is 0 Å². The van der Waals surface area contributed by atoms with Crippen molar-refractivity contribution < 1.29 is 8.42 Å². The number of nitrogens with one attached hydrogen (secondary N) is 1. The molecule has 0 aromatic rings. The number of rotatable bonds is 6. The number of hydrogen-bond acceptors (Lipinski definition) is 3. The molecule has 1 aliphatic carbocycles. The monoisotopic (exact) mass is 330 g/mol. The molecule has 1 saturated carbocycles. The van der Waals surface area contributed by atoms with Gasteiger partial charge in [-0.05, 0) is 44.4 Å². The topological polar surface area (TPSA) is 49.4 Å². The van der Waals surface area contributed by atoms with E-state index in [9.17, 15) is 8.42 Å². The molecular formula is C17H34N2O2S. The van der Waals surface area contributed by atoms with Crippen LogP contribution < -0.4 is 5.32 Å². The Morgan fingerprint density at radius 2 is 1.59 bits per heavy atom. The summed E-state index contributed by atoms with van der Waals surface area (Å²) in [5.41, 5.74) is 0. The standard InChI is InChI=1S/C17H34N2O2S/c1-14(2)13-22(20,21)19-11-9-17(10-12-19)18-15(3)16-7-5-4-6-8-16/h14-18H,4-13H2,1-3H3. The maximum Gasteiger partial charge on any atom is 0.214 e. The van der Waals surface area contributed by atoms with E-state index in [1.54, 1.807) is 4.31 Å². The van der Waals surface area contributed by atoms with Crippen LogP contribution in [-0.2, 0) is 10.0 Å². The zero-order chi connectivity index (χ0) is 16.2. The summed E-state index contributed by atoms with van der Waals surface area (Å²) in [6, 6.07) is 1.06. The molecule has 2 fully saturated rings. The Morgan fingerprint density at radius 3 is 2.14 bits per heavy atom. The lowest BCUT2D eigenvalue weighted by molar-refractivity contribution is 0.225. The van der Waals surface area contributed by atoms with Gasteiger partial charge >= 0.3 is 0 Å². The summed E-state index contributed by atoms with van der Waals surface area (Å²) in [6.45, 7) is 7.63. The minimum Gasteiger partial charge on any atom is -0.311 e. The van der Waals surface area contributed by atoms with Gasteiger partial charge in [0.25, 0.3) is 0 Å². The lowest BCUT2D eigenvalue weighted by Crippen LogP contribution is -2.49. The molecule has 1 N–H and O–H groups in total. The van der Waals surface area contributed by atoms with Crippen LogP contribution in [0, 0.1) is 11.8 Å². The molecule has 0 aromatic carbocycles. The molecule has 4 nitrogen and oxygen atoms in total. The van der Waals surface area contributed by atoms with Crippen molar-refractivity contribution in [1.29, 1.82) is 0 Å². The van der Waals surface area contributed by atoms with Crippen molar-refractivity contribution in [1.82, 2.24) is 9.62 Å². The first-order chi connectivity index (χ1) is 10.4. The van der Waals surface area contributed by atoms with Gasteiger partial charge in [0.05, 0.1) is 5.75 Å². The molecule has 2 rings (SSSR count). The van der Waals surface area contributed by atoms with Gasteiger partial charge in [-0.3, -0.25) is 0 Å². The normalized spacial score (nSPS) is 24.7. The zero-order valence-corrected chi connectivity index (χ0v) is 15.4. The first-order valence-corrected chi connectivity index (χ1v) is 10.7. The smallest absolute Gasteiger partial charge is 0.214 e. The highest BCUT2D eigenvalue weighted by Crippen LogP contribution is 2.27. The molecule has 22 heavy (non-hydrogen) atoms. The third kappa shape index (κ3) is 5.20. The van der Waals surface area contributed by atoms with Gasteiger partial charge in [0.2, 0.25) is 10.0 Å². The molecule has 1 heterocycles. The molecule has 0 aromatic heterocycles. The Bertz CT molecular complexity index is 422. The quantitative estimate of drug-likeness (QED) is 0.814. The predicted octanol–water partition coefficient (Wildman–Crippen LogP) is 3.00. The van der Waals surface area contributed by atoms with Crippen LogP contribution in [0.15, 0.2) is 0 Å². The van der Waals surface area contributed by atoms with Crippen LogP contribution in [0.5, 0.6) is 0 Å². The molecule has 0 radical (unpaired) electrons. The summed E-state index contributed by atoms with van der Waals surface area (Å²) in [7, 11) is -3.05. The second kappa shape index (κ2) is 8.11. The third-order valence-electron chi connectivity index (χ3n) is 5.25. The minimum absolute atomic E-state index is 0.201. The van der Waals surface area contributed by atoms with Crippen molar-refractivity contribution in [2.45, 2.75) is 77.8 Å². The van der Waals surface area contributed by atoms with Crippen LogP contribution in [0.4, 0.5) is 0 Å². The highest BCUT2D eigenvalue weighted by molar-refractivity contribution is 7.89. The highest BCUT2D eigenvalue weighted by Gasteiger charge is 2.30. The van der Waals surface area contributed by atoms with Crippen LogP contribution in [0.2, 0.25) is 0 Å². The Balaban J connectivity index is 1.77. The van der Waals surface area contributed by atoms with Gasteiger partial charge in [0, 0.05) is 25.2 Å². The average molecular weight is 331 g/mol. The van der Waals surface area contributed by atoms with E-state index in [0.29, 0.717) is 25.2 Å². The molecule has 5 heteroatoms. The number of nitrogens with zero attached hydrogens (tertiary/aromatic N) is 1. The van der Waals surface area contributed by atoms with Crippen LogP contribution >= 0.6 is 0 Å². The van der Waals surface area contributed by atoms with E-state index >= 15 is 0 Å². The Morgan fingerprint density at radius 1 is 1.00 bits per heavy atom. The first kappa shape index (κ1) is 18.2. The van der Waals surface area contributed by atoms with E-state index in [-0.39, 0.29) is 11.7 Å². The molecule has 0 amide bonds. The molecular weight excluding hydrogens is 296 g/mol. The molecule has 2 aliphatic rings. The maximum absolute atomic E-state index is 12.3. The molecule has 1 atom stereocenters. The largest absolute Gasteiger partial charge is 0.311 e. The van der Waals surface area contributed by atoms with E-state index in [0.717, 1.165) is 18.8 Å². The van der Waals surface area contributed by atoms with Gasteiger partial charge in [0.1, 0.15) is 0 Å². The van der Waals surface area contributed by atoms with E-state index in [1.165, 1.54) is 32.1 Å². The summed E-state index contributed by atoms with van der Waals surface area (Å²) >= 11 is 0. The minimum atomic E-state index is -3.05. The lowest BCUT2D eigenvalue weighted by atomic mass is 9.84. The van der Waals surface area contributed by atoms with Crippen molar-refractivity contribution in [3.05, 3.63) is 0 Å². The second-order valence-corrected chi connectivity index (χ2v) is 9.71. The Kier molecular flexibility index (Phi) is 6.72. The van der Waals surface area contributed by atoms with Crippen molar-refractivity contribution in [3.63, 3.8) is 0 Å². The van der Waals surface area contributed by atoms with Gasteiger partial charge < -0.3 is 5.32 Å². The van der Waals surface area contributed by atoms with Crippen LogP contribution in [-0.4, -0.2) is 43.6 Å². The first-order valence-electron chi connectivity index (χ1n) is 9.12. The van der Waals surface area contributed by atoms with Gasteiger partial charge in [-0.25, -0.2) is 12.7 Å². The fraction of sp³-hybridized carbons (Fsp3) is 1.00. The summed E-state index contributed by atoms with van der Waals surface area (Å²) in [6.07, 6.45) is 8.77. The van der Waals surface area contributed by atoms with Crippen molar-refractivity contribution in [2.24, 2.45) is 11.8 Å². The molecule has 0 spiro atoms. The van der Waals surface area contributed by atoms with Crippen LogP contribution in [0.3, 0.4) is 0 Å². The van der Waals surface area contributed by atoms with Crippen molar-refractivity contribution >= 4 is 10.0 Å². The summed E-state index contributed by atoms with van der Waals surface area (Å²) in [5, 5.41) is 3.78. The second-order valence-electron chi connectivity index (χ2n) is 7.70. The van der Waals surface area contributed by atoms with Gasteiger partial charge in [-0.2, -0.15) is 0 Å². The molecule has 130 valence electrons. The molecule has 1 aliphatic heterocycles. The van der Waals surface area contributed by atoms with Gasteiger partial charge in [-0.15, -0.1) is 0 Å². The fourth-order valence-corrected chi connectivity index (χ4v) is 5.79. The molecule has 1 unspecified atom stereocenters. The number of sulfonamides is 1. The Hall–Kier alpha value is -0.130. The highest BCUT2D eigenvalue weighted by atomic mass is 32.2. The van der Waals surface area contributed by atoms with Crippen LogP contribution in [0.25, 0.3) is 0 Å². The zero-order valence-electron chi connectivity index (χ0n) is 14.6. The van der Waals surface area contributed by atoms with E-state index in [2.05, 4.69) is 12.2 Å². The van der Waals surface area contributed by atoms with E-state index in [4.69, 9.17) is 0 Å². The van der Waals surface area contributed by atoms with Crippen LogP contribution in [0.1, 0.15) is 65.7 Å². The predicted molar refractivity (Wildman–Crippen MR) is 92.4 cm³/mol. The molecule has 1 saturated heterocycles. The molecule has 0 bridgehead atoms. The van der Waals surface area contributed by atoms with Gasteiger partial charge in [-0.1, -0.05) is 33.1 Å². The van der Waals surface area contributed by atoms with Gasteiger partial charge in [0.15, 0.2) is 0 Å².